The van der Waals surface area contributed by atoms with E-state index in [1.165, 1.54) is 6.42 Å². The third kappa shape index (κ3) is 5.50. The van der Waals surface area contributed by atoms with Crippen molar-refractivity contribution in [1.82, 2.24) is 21.1 Å². The Morgan fingerprint density at radius 1 is 1.20 bits per heavy atom. The first-order chi connectivity index (χ1) is 9.24. The predicted octanol–water partition coefficient (Wildman–Crippen LogP) is 1.24. The van der Waals surface area contributed by atoms with Crippen molar-refractivity contribution >= 4 is 24.3 Å². The Hall–Kier alpha value is -1.73. The van der Waals surface area contributed by atoms with E-state index in [0.717, 1.165) is 31.7 Å². The fraction of sp³-hybridized carbons (Fsp3) is 0.500. The SMILES string of the molecule is Cl.N=C(NCc1ccco1)NC(=N)NN1CCCCC1. The maximum Gasteiger partial charge on any atom is 0.210 e. The number of hydrogen-bond donors (Lipinski definition) is 5. The van der Waals surface area contributed by atoms with Gasteiger partial charge in [-0.2, -0.15) is 0 Å². The van der Waals surface area contributed by atoms with Crippen LogP contribution in [0.3, 0.4) is 0 Å². The van der Waals surface area contributed by atoms with Crippen molar-refractivity contribution in [3.63, 3.8) is 0 Å². The zero-order valence-electron chi connectivity index (χ0n) is 11.2. The molecule has 1 aliphatic heterocycles. The topological polar surface area (TPSA) is 100 Å². The van der Waals surface area contributed by atoms with Gasteiger partial charge in [-0.1, -0.05) is 6.42 Å². The molecule has 2 rings (SSSR count). The van der Waals surface area contributed by atoms with Crippen LogP contribution >= 0.6 is 12.4 Å². The second-order valence-corrected chi connectivity index (χ2v) is 4.47. The zero-order chi connectivity index (χ0) is 13.5. The summed E-state index contributed by atoms with van der Waals surface area (Å²) < 4.78 is 5.15. The van der Waals surface area contributed by atoms with Gasteiger partial charge in [0.05, 0.1) is 12.8 Å². The van der Waals surface area contributed by atoms with Crippen LogP contribution in [0.1, 0.15) is 25.0 Å². The van der Waals surface area contributed by atoms with Gasteiger partial charge in [0.15, 0.2) is 5.96 Å². The number of hydrazine groups is 1. The second kappa shape index (κ2) is 8.44. The molecule has 1 aliphatic rings. The van der Waals surface area contributed by atoms with Crippen LogP contribution in [0.5, 0.6) is 0 Å². The van der Waals surface area contributed by atoms with E-state index in [-0.39, 0.29) is 24.3 Å². The first kappa shape index (κ1) is 16.3. The zero-order valence-corrected chi connectivity index (χ0v) is 12.1. The molecule has 2 heterocycles. The minimum atomic E-state index is 0. The summed E-state index contributed by atoms with van der Waals surface area (Å²) >= 11 is 0. The second-order valence-electron chi connectivity index (χ2n) is 4.47. The van der Waals surface area contributed by atoms with Gasteiger partial charge in [-0.05, 0) is 25.0 Å². The molecule has 0 aromatic carbocycles. The first-order valence-electron chi connectivity index (χ1n) is 6.46. The van der Waals surface area contributed by atoms with E-state index >= 15 is 0 Å². The van der Waals surface area contributed by atoms with E-state index in [1.807, 2.05) is 11.1 Å². The molecule has 0 atom stereocenters. The molecular formula is C12H21ClN6O. The van der Waals surface area contributed by atoms with Crippen molar-refractivity contribution in [3.05, 3.63) is 24.2 Å². The van der Waals surface area contributed by atoms with Gasteiger partial charge >= 0.3 is 0 Å². The average Bonchev–Trinajstić information content (AvgIpc) is 2.90. The highest BCUT2D eigenvalue weighted by atomic mass is 35.5. The molecule has 1 aromatic heterocycles. The largest absolute Gasteiger partial charge is 0.467 e. The molecule has 20 heavy (non-hydrogen) atoms. The number of furan rings is 1. The van der Waals surface area contributed by atoms with Crippen LogP contribution in [0, 0.1) is 10.8 Å². The summed E-state index contributed by atoms with van der Waals surface area (Å²) in [6, 6.07) is 3.63. The van der Waals surface area contributed by atoms with Crippen LogP contribution in [-0.4, -0.2) is 30.0 Å². The number of nitrogens with zero attached hydrogens (tertiary/aromatic N) is 1. The smallest absolute Gasteiger partial charge is 0.210 e. The summed E-state index contributed by atoms with van der Waals surface area (Å²) in [7, 11) is 0. The molecule has 0 spiro atoms. The van der Waals surface area contributed by atoms with Crippen LogP contribution in [0.15, 0.2) is 22.8 Å². The molecule has 8 heteroatoms. The highest BCUT2D eigenvalue weighted by Gasteiger charge is 2.11. The molecule has 0 radical (unpaired) electrons. The number of halogens is 1. The Bertz CT molecular complexity index is 416. The van der Waals surface area contributed by atoms with Gasteiger partial charge in [-0.3, -0.25) is 21.6 Å². The summed E-state index contributed by atoms with van der Waals surface area (Å²) in [6.45, 7) is 2.31. The minimum absolute atomic E-state index is 0. The monoisotopic (exact) mass is 300 g/mol. The molecule has 7 nitrogen and oxygen atoms in total. The number of hydrogen-bond acceptors (Lipinski definition) is 4. The summed E-state index contributed by atoms with van der Waals surface area (Å²) in [4.78, 5) is 0. The van der Waals surface area contributed by atoms with Crippen molar-refractivity contribution < 1.29 is 4.42 Å². The third-order valence-electron chi connectivity index (χ3n) is 2.90. The van der Waals surface area contributed by atoms with Crippen molar-refractivity contribution in [2.45, 2.75) is 25.8 Å². The summed E-state index contributed by atoms with van der Waals surface area (Å²) in [6.07, 6.45) is 5.14. The van der Waals surface area contributed by atoms with Gasteiger partial charge < -0.3 is 9.73 Å². The number of nitrogens with one attached hydrogen (secondary N) is 5. The molecule has 0 unspecified atom stereocenters. The van der Waals surface area contributed by atoms with Crippen LogP contribution in [0.2, 0.25) is 0 Å². The molecule has 0 bridgehead atoms. The average molecular weight is 301 g/mol. The standard InChI is InChI=1S/C12H20N6O.ClH/c13-11(15-9-10-5-4-8-19-10)16-12(14)17-18-6-2-1-3-7-18;/h4-5,8H,1-3,6-7,9H2,(H5,13,14,15,16,17);1H. The van der Waals surface area contributed by atoms with Crippen molar-refractivity contribution in [3.8, 4) is 0 Å². The molecule has 1 fully saturated rings. The molecular weight excluding hydrogens is 280 g/mol. The van der Waals surface area contributed by atoms with Crippen molar-refractivity contribution in [2.75, 3.05) is 13.1 Å². The van der Waals surface area contributed by atoms with E-state index in [0.29, 0.717) is 6.54 Å². The van der Waals surface area contributed by atoms with E-state index in [2.05, 4.69) is 16.1 Å². The number of guanidine groups is 2. The minimum Gasteiger partial charge on any atom is -0.467 e. The van der Waals surface area contributed by atoms with E-state index in [1.54, 1.807) is 12.3 Å². The lowest BCUT2D eigenvalue weighted by Gasteiger charge is -2.28. The van der Waals surface area contributed by atoms with Crippen LogP contribution in [-0.2, 0) is 6.54 Å². The van der Waals surface area contributed by atoms with Gasteiger partial charge in [0, 0.05) is 13.1 Å². The number of rotatable bonds is 3. The Morgan fingerprint density at radius 2 is 1.95 bits per heavy atom. The molecule has 0 saturated carbocycles. The maximum absolute atomic E-state index is 7.74. The quantitative estimate of drug-likeness (QED) is 0.427. The first-order valence-corrected chi connectivity index (χ1v) is 6.46. The summed E-state index contributed by atoms with van der Waals surface area (Å²) in [5.74, 6) is 0.937. The Labute approximate surface area is 124 Å². The van der Waals surface area contributed by atoms with Gasteiger partial charge in [-0.25, -0.2) is 5.01 Å². The Kier molecular flexibility index (Phi) is 6.89. The Morgan fingerprint density at radius 3 is 2.60 bits per heavy atom. The molecule has 112 valence electrons. The fourth-order valence-electron chi connectivity index (χ4n) is 1.95. The van der Waals surface area contributed by atoms with E-state index < -0.39 is 0 Å². The number of piperidine rings is 1. The van der Waals surface area contributed by atoms with E-state index in [4.69, 9.17) is 15.2 Å². The molecule has 1 aromatic rings. The highest BCUT2D eigenvalue weighted by Crippen LogP contribution is 2.05. The molecule has 0 aliphatic carbocycles. The van der Waals surface area contributed by atoms with E-state index in [9.17, 15) is 0 Å². The Balaban J connectivity index is 0.00000200. The fourth-order valence-corrected chi connectivity index (χ4v) is 1.95. The lowest BCUT2D eigenvalue weighted by Crippen LogP contribution is -2.53. The van der Waals surface area contributed by atoms with Crippen LogP contribution in [0.25, 0.3) is 0 Å². The summed E-state index contributed by atoms with van der Waals surface area (Å²) in [5.41, 5.74) is 2.94. The van der Waals surface area contributed by atoms with Crippen molar-refractivity contribution in [2.24, 2.45) is 0 Å². The highest BCUT2D eigenvalue weighted by molar-refractivity contribution is 5.95. The molecule has 1 saturated heterocycles. The third-order valence-corrected chi connectivity index (χ3v) is 2.90. The normalized spacial score (nSPS) is 15.0. The predicted molar refractivity (Wildman–Crippen MR) is 79.9 cm³/mol. The lowest BCUT2D eigenvalue weighted by molar-refractivity contribution is 0.192. The van der Waals surface area contributed by atoms with Crippen molar-refractivity contribution in [1.29, 1.82) is 10.8 Å². The summed E-state index contributed by atoms with van der Waals surface area (Å²) in [5, 5.41) is 22.9. The van der Waals surface area contributed by atoms with Gasteiger partial charge in [-0.15, -0.1) is 12.4 Å². The van der Waals surface area contributed by atoms with Gasteiger partial charge in [0.2, 0.25) is 5.96 Å². The molecule has 0 amide bonds. The van der Waals surface area contributed by atoms with Gasteiger partial charge in [0.1, 0.15) is 5.76 Å². The van der Waals surface area contributed by atoms with Crippen LogP contribution in [0.4, 0.5) is 0 Å². The lowest BCUT2D eigenvalue weighted by atomic mass is 10.2. The molecule has 5 N–H and O–H groups in total. The van der Waals surface area contributed by atoms with Crippen LogP contribution < -0.4 is 16.1 Å². The maximum atomic E-state index is 7.74. The van der Waals surface area contributed by atoms with Gasteiger partial charge in [0.25, 0.3) is 0 Å².